The van der Waals surface area contributed by atoms with Gasteiger partial charge >= 0.3 is 0 Å². The molecule has 1 saturated heterocycles. The van der Waals surface area contributed by atoms with Crippen LogP contribution in [0.3, 0.4) is 0 Å². The van der Waals surface area contributed by atoms with Gasteiger partial charge < -0.3 is 4.90 Å². The van der Waals surface area contributed by atoms with Crippen LogP contribution in [0.1, 0.15) is 24.8 Å². The van der Waals surface area contributed by atoms with Crippen LogP contribution in [-0.2, 0) is 19.7 Å². The van der Waals surface area contributed by atoms with Gasteiger partial charge in [0.05, 0.1) is 12.0 Å². The molecule has 1 unspecified atom stereocenters. The lowest BCUT2D eigenvalue weighted by Gasteiger charge is -2.32. The minimum absolute atomic E-state index is 0.0605. The maximum absolute atomic E-state index is 12.4. The predicted octanol–water partition coefficient (Wildman–Crippen LogP) is 1.40. The Bertz CT molecular complexity index is 691. The number of likely N-dealkylation sites (tertiary alicyclic amines) is 1. The van der Waals surface area contributed by atoms with Gasteiger partial charge in [-0.1, -0.05) is 17.7 Å². The van der Waals surface area contributed by atoms with Gasteiger partial charge in [-0.3, -0.25) is 9.63 Å². The van der Waals surface area contributed by atoms with Crippen molar-refractivity contribution in [2.24, 2.45) is 5.92 Å². The molecule has 1 atom stereocenters. The highest BCUT2D eigenvalue weighted by molar-refractivity contribution is 7.89. The molecule has 0 bridgehead atoms. The Kier molecular flexibility index (Phi) is 7.57. The van der Waals surface area contributed by atoms with Crippen LogP contribution in [0.2, 0.25) is 0 Å². The molecule has 0 aliphatic carbocycles. The number of hydrogen-bond donors (Lipinski definition) is 1. The Labute approximate surface area is 156 Å². The molecule has 0 aromatic heterocycles. The predicted molar refractivity (Wildman–Crippen MR) is 99.9 cm³/mol. The third-order valence-corrected chi connectivity index (χ3v) is 6.20. The topological polar surface area (TPSA) is 79.0 Å². The van der Waals surface area contributed by atoms with E-state index in [9.17, 15) is 13.2 Å². The van der Waals surface area contributed by atoms with Gasteiger partial charge in [0.25, 0.3) is 0 Å². The van der Waals surface area contributed by atoms with Crippen LogP contribution in [0.5, 0.6) is 0 Å². The first-order valence-electron chi connectivity index (χ1n) is 8.91. The fraction of sp³-hybridized carbons (Fsp3) is 0.611. The molecule has 1 aromatic rings. The number of nitrogens with one attached hydrogen (secondary N) is 1. The number of sulfonamides is 1. The summed E-state index contributed by atoms with van der Waals surface area (Å²) in [5.41, 5.74) is 1.03. The maximum atomic E-state index is 12.4. The van der Waals surface area contributed by atoms with Gasteiger partial charge in [-0.2, -0.15) is 0 Å². The van der Waals surface area contributed by atoms with Crippen molar-refractivity contribution in [1.82, 2.24) is 14.7 Å². The molecule has 1 N–H and O–H groups in total. The second-order valence-corrected chi connectivity index (χ2v) is 8.56. The van der Waals surface area contributed by atoms with E-state index in [1.807, 2.05) is 6.92 Å². The minimum Gasteiger partial charge on any atom is -0.302 e. The average Bonchev–Trinajstić information content (AvgIpc) is 2.64. The van der Waals surface area contributed by atoms with E-state index in [1.54, 1.807) is 31.3 Å². The van der Waals surface area contributed by atoms with Gasteiger partial charge in [-0.05, 0) is 44.4 Å². The van der Waals surface area contributed by atoms with E-state index < -0.39 is 10.0 Å². The van der Waals surface area contributed by atoms with E-state index in [0.717, 1.165) is 31.5 Å². The summed E-state index contributed by atoms with van der Waals surface area (Å²) >= 11 is 0. The molecule has 1 amide bonds. The lowest BCUT2D eigenvalue weighted by atomic mass is 9.98. The van der Waals surface area contributed by atoms with Crippen molar-refractivity contribution in [3.63, 3.8) is 0 Å². The van der Waals surface area contributed by atoms with Crippen molar-refractivity contribution >= 4 is 15.9 Å². The zero-order chi connectivity index (χ0) is 19.2. The number of carbonyl (C=O) groups excluding carboxylic acids is 1. The maximum Gasteiger partial charge on any atom is 0.247 e. The number of hydrogen-bond acceptors (Lipinski definition) is 5. The summed E-state index contributed by atoms with van der Waals surface area (Å²) in [5.74, 6) is 0.189. The first-order chi connectivity index (χ1) is 12.3. The van der Waals surface area contributed by atoms with Crippen molar-refractivity contribution < 1.29 is 18.0 Å². The number of hydroxylamine groups is 2. The number of carbonyl (C=O) groups is 1. The Balaban J connectivity index is 1.82. The van der Waals surface area contributed by atoms with E-state index in [2.05, 4.69) is 9.62 Å². The van der Waals surface area contributed by atoms with Crippen molar-refractivity contribution in [2.75, 3.05) is 40.3 Å². The second kappa shape index (κ2) is 9.45. The Hall–Kier alpha value is -1.48. The Morgan fingerprint density at radius 3 is 2.69 bits per heavy atom. The molecule has 7 nitrogen and oxygen atoms in total. The second-order valence-electron chi connectivity index (χ2n) is 6.80. The van der Waals surface area contributed by atoms with Gasteiger partial charge in [0.1, 0.15) is 0 Å². The van der Waals surface area contributed by atoms with E-state index in [0.29, 0.717) is 24.4 Å². The van der Waals surface area contributed by atoms with Crippen LogP contribution in [0.4, 0.5) is 0 Å². The standard InChI is InChI=1S/C18H29N3O4S/c1-15-6-8-17(9-7-15)26(23,24)19-13-16-5-4-11-21(14-16)12-10-18(22)20(2)25-3/h6-9,16,19H,4-5,10-14H2,1-3H3. The summed E-state index contributed by atoms with van der Waals surface area (Å²) in [4.78, 5) is 19.2. The van der Waals surface area contributed by atoms with Gasteiger partial charge in [-0.25, -0.2) is 18.2 Å². The molecule has 1 fully saturated rings. The zero-order valence-corrected chi connectivity index (χ0v) is 16.6. The number of benzene rings is 1. The quantitative estimate of drug-likeness (QED) is 0.687. The Morgan fingerprint density at radius 2 is 2.04 bits per heavy atom. The molecule has 1 aliphatic heterocycles. The van der Waals surface area contributed by atoms with Crippen molar-refractivity contribution in [1.29, 1.82) is 0 Å². The highest BCUT2D eigenvalue weighted by atomic mass is 32.2. The summed E-state index contributed by atoms with van der Waals surface area (Å²) in [5, 5.41) is 1.23. The van der Waals surface area contributed by atoms with Crippen LogP contribution in [-0.4, -0.2) is 64.6 Å². The van der Waals surface area contributed by atoms with E-state index in [1.165, 1.54) is 12.2 Å². The highest BCUT2D eigenvalue weighted by Gasteiger charge is 2.23. The van der Waals surface area contributed by atoms with Crippen molar-refractivity contribution in [3.05, 3.63) is 29.8 Å². The van der Waals surface area contributed by atoms with Gasteiger partial charge in [0.2, 0.25) is 15.9 Å². The molecule has 1 aromatic carbocycles. The Morgan fingerprint density at radius 1 is 1.35 bits per heavy atom. The molecule has 2 rings (SSSR count). The zero-order valence-electron chi connectivity index (χ0n) is 15.8. The van der Waals surface area contributed by atoms with Crippen molar-refractivity contribution in [2.45, 2.75) is 31.1 Å². The fourth-order valence-electron chi connectivity index (χ4n) is 3.06. The van der Waals surface area contributed by atoms with Gasteiger partial charge in [0.15, 0.2) is 0 Å². The van der Waals surface area contributed by atoms with E-state index in [-0.39, 0.29) is 11.8 Å². The van der Waals surface area contributed by atoms with E-state index in [4.69, 9.17) is 4.84 Å². The third kappa shape index (κ3) is 6.05. The number of nitrogens with zero attached hydrogens (tertiary/aromatic N) is 2. The SMILES string of the molecule is CON(C)C(=O)CCN1CCCC(CNS(=O)(=O)c2ccc(C)cc2)C1. The normalized spacial score (nSPS) is 18.7. The lowest BCUT2D eigenvalue weighted by Crippen LogP contribution is -2.42. The summed E-state index contributed by atoms with van der Waals surface area (Å²) in [7, 11) is -0.414. The largest absolute Gasteiger partial charge is 0.302 e. The number of rotatable bonds is 8. The van der Waals surface area contributed by atoms with Crippen LogP contribution >= 0.6 is 0 Å². The van der Waals surface area contributed by atoms with Crippen LogP contribution in [0, 0.1) is 12.8 Å². The third-order valence-electron chi connectivity index (χ3n) is 4.76. The molecule has 1 heterocycles. The summed E-state index contributed by atoms with van der Waals surface area (Å²) < 4.78 is 27.5. The fourth-order valence-corrected chi connectivity index (χ4v) is 4.18. The summed E-state index contributed by atoms with van der Waals surface area (Å²) in [6, 6.07) is 6.85. The monoisotopic (exact) mass is 383 g/mol. The van der Waals surface area contributed by atoms with E-state index >= 15 is 0 Å². The molecular weight excluding hydrogens is 354 g/mol. The number of aryl methyl sites for hydroxylation is 1. The average molecular weight is 384 g/mol. The first-order valence-corrected chi connectivity index (χ1v) is 10.4. The smallest absolute Gasteiger partial charge is 0.247 e. The molecule has 26 heavy (non-hydrogen) atoms. The number of amides is 1. The van der Waals surface area contributed by atoms with Crippen LogP contribution in [0.25, 0.3) is 0 Å². The lowest BCUT2D eigenvalue weighted by molar-refractivity contribution is -0.169. The number of piperidine rings is 1. The molecule has 0 radical (unpaired) electrons. The molecule has 8 heteroatoms. The van der Waals surface area contributed by atoms with Crippen molar-refractivity contribution in [3.8, 4) is 0 Å². The first kappa shape index (κ1) is 20.8. The highest BCUT2D eigenvalue weighted by Crippen LogP contribution is 2.17. The molecule has 0 spiro atoms. The van der Waals surface area contributed by atoms with Gasteiger partial charge in [-0.15, -0.1) is 0 Å². The summed E-state index contributed by atoms with van der Waals surface area (Å²) in [6.45, 7) is 4.73. The molecule has 0 saturated carbocycles. The van der Waals surface area contributed by atoms with Crippen LogP contribution < -0.4 is 4.72 Å². The van der Waals surface area contributed by atoms with Crippen LogP contribution in [0.15, 0.2) is 29.2 Å². The molecule has 146 valence electrons. The minimum atomic E-state index is -3.48. The molecular formula is C18H29N3O4S. The van der Waals surface area contributed by atoms with Gasteiger partial charge in [0, 0.05) is 33.1 Å². The molecule has 1 aliphatic rings. The summed E-state index contributed by atoms with van der Waals surface area (Å²) in [6.07, 6.45) is 2.39.